The van der Waals surface area contributed by atoms with Crippen molar-refractivity contribution in [1.29, 1.82) is 0 Å². The Balaban J connectivity index is 2.14. The minimum absolute atomic E-state index is 0.237. The van der Waals surface area contributed by atoms with Crippen LogP contribution < -0.4 is 10.6 Å². The molecule has 0 aliphatic heterocycles. The molecule has 1 aromatic heterocycles. The van der Waals surface area contributed by atoms with Crippen LogP contribution in [0.4, 0.5) is 11.4 Å². The topological polar surface area (TPSA) is 58.2 Å². The van der Waals surface area contributed by atoms with Crippen molar-refractivity contribution >= 4 is 50.5 Å². The maximum absolute atomic E-state index is 12.1. The number of carbonyl (C=O) groups excluding carboxylic acids is 2. The maximum atomic E-state index is 12.1. The van der Waals surface area contributed by atoms with E-state index in [2.05, 4.69) is 33.1 Å². The lowest BCUT2D eigenvalue weighted by Gasteiger charge is -2.06. The van der Waals surface area contributed by atoms with Crippen LogP contribution >= 0.6 is 27.3 Å². The summed E-state index contributed by atoms with van der Waals surface area (Å²) >= 11 is 4.84. The summed E-state index contributed by atoms with van der Waals surface area (Å²) in [6, 6.07) is 6.70. The SMILES string of the molecule is C=CC(=O)Nc1cccc(C(=O)Nc2cscc2Br)c1. The van der Waals surface area contributed by atoms with Gasteiger partial charge in [0.25, 0.3) is 5.91 Å². The first-order valence-corrected chi connectivity index (χ1v) is 7.40. The van der Waals surface area contributed by atoms with E-state index < -0.39 is 0 Å². The van der Waals surface area contributed by atoms with Gasteiger partial charge in [0, 0.05) is 22.0 Å². The van der Waals surface area contributed by atoms with Gasteiger partial charge in [-0.3, -0.25) is 9.59 Å². The van der Waals surface area contributed by atoms with Crippen LogP contribution in [-0.2, 0) is 4.79 Å². The van der Waals surface area contributed by atoms with E-state index in [1.807, 2.05) is 10.8 Å². The Morgan fingerprint density at radius 3 is 2.70 bits per heavy atom. The fraction of sp³-hybridized carbons (Fsp3) is 0. The predicted molar refractivity (Wildman–Crippen MR) is 85.2 cm³/mol. The number of amides is 2. The Morgan fingerprint density at radius 2 is 2.05 bits per heavy atom. The normalized spacial score (nSPS) is 9.85. The first kappa shape index (κ1) is 14.5. The molecule has 0 bridgehead atoms. The van der Waals surface area contributed by atoms with E-state index in [-0.39, 0.29) is 11.8 Å². The molecule has 4 nitrogen and oxygen atoms in total. The lowest BCUT2D eigenvalue weighted by molar-refractivity contribution is -0.111. The monoisotopic (exact) mass is 350 g/mol. The lowest BCUT2D eigenvalue weighted by atomic mass is 10.2. The number of halogens is 1. The molecule has 0 atom stereocenters. The standard InChI is InChI=1S/C14H11BrN2O2S/c1-2-13(18)16-10-5-3-4-9(6-10)14(19)17-12-8-20-7-11(12)15/h2-8H,1H2,(H,16,18)(H,17,19). The minimum Gasteiger partial charge on any atom is -0.323 e. The molecule has 0 fully saturated rings. The molecule has 2 N–H and O–H groups in total. The van der Waals surface area contributed by atoms with Crippen LogP contribution in [-0.4, -0.2) is 11.8 Å². The number of carbonyl (C=O) groups is 2. The van der Waals surface area contributed by atoms with Crippen molar-refractivity contribution in [2.75, 3.05) is 10.6 Å². The molecular weight excluding hydrogens is 340 g/mol. The van der Waals surface area contributed by atoms with Crippen LogP contribution in [0.15, 0.2) is 52.2 Å². The second-order valence-corrected chi connectivity index (χ2v) is 5.46. The summed E-state index contributed by atoms with van der Waals surface area (Å²) in [6.07, 6.45) is 1.18. The van der Waals surface area contributed by atoms with Gasteiger partial charge in [0.15, 0.2) is 0 Å². The van der Waals surface area contributed by atoms with E-state index in [9.17, 15) is 9.59 Å². The van der Waals surface area contributed by atoms with Crippen molar-refractivity contribution < 1.29 is 9.59 Å². The van der Waals surface area contributed by atoms with Gasteiger partial charge < -0.3 is 10.6 Å². The van der Waals surface area contributed by atoms with Crippen molar-refractivity contribution in [3.63, 3.8) is 0 Å². The van der Waals surface area contributed by atoms with Gasteiger partial charge in [0.2, 0.25) is 5.91 Å². The van der Waals surface area contributed by atoms with Crippen LogP contribution in [0.2, 0.25) is 0 Å². The highest BCUT2D eigenvalue weighted by Gasteiger charge is 2.09. The fourth-order valence-corrected chi connectivity index (χ4v) is 2.82. The summed E-state index contributed by atoms with van der Waals surface area (Å²) in [5.74, 6) is -0.554. The third-order valence-electron chi connectivity index (χ3n) is 2.44. The van der Waals surface area contributed by atoms with E-state index in [1.54, 1.807) is 24.3 Å². The van der Waals surface area contributed by atoms with Gasteiger partial charge in [-0.15, -0.1) is 11.3 Å². The molecule has 102 valence electrons. The smallest absolute Gasteiger partial charge is 0.255 e. The molecule has 2 rings (SSSR count). The molecular formula is C14H11BrN2O2S. The highest BCUT2D eigenvalue weighted by Crippen LogP contribution is 2.27. The second kappa shape index (κ2) is 6.49. The zero-order valence-electron chi connectivity index (χ0n) is 10.4. The third-order valence-corrected chi connectivity index (χ3v) is 4.14. The number of nitrogens with one attached hydrogen (secondary N) is 2. The average Bonchev–Trinajstić information content (AvgIpc) is 2.84. The molecule has 0 aliphatic rings. The Hall–Kier alpha value is -1.92. The number of rotatable bonds is 4. The molecule has 20 heavy (non-hydrogen) atoms. The van der Waals surface area contributed by atoms with Crippen molar-refractivity contribution in [1.82, 2.24) is 0 Å². The number of hydrogen-bond donors (Lipinski definition) is 2. The Labute approximate surface area is 128 Å². The van der Waals surface area contributed by atoms with Crippen LogP contribution in [0, 0.1) is 0 Å². The summed E-state index contributed by atoms with van der Waals surface area (Å²) < 4.78 is 0.840. The highest BCUT2D eigenvalue weighted by molar-refractivity contribution is 9.10. The first-order chi connectivity index (χ1) is 9.60. The molecule has 0 spiro atoms. The van der Waals surface area contributed by atoms with Gasteiger partial charge in [-0.2, -0.15) is 0 Å². The maximum Gasteiger partial charge on any atom is 0.255 e. The molecule has 2 aromatic rings. The number of thiophene rings is 1. The predicted octanol–water partition coefficient (Wildman–Crippen LogP) is 3.89. The summed E-state index contributed by atoms with van der Waals surface area (Å²) in [6.45, 7) is 3.38. The van der Waals surface area contributed by atoms with E-state index in [4.69, 9.17) is 0 Å². The molecule has 0 unspecified atom stereocenters. The van der Waals surface area contributed by atoms with Crippen molar-refractivity contribution in [2.24, 2.45) is 0 Å². The van der Waals surface area contributed by atoms with Gasteiger partial charge in [-0.05, 0) is 40.2 Å². The summed E-state index contributed by atoms with van der Waals surface area (Å²) in [5, 5.41) is 9.13. The minimum atomic E-state index is -0.317. The number of benzene rings is 1. The number of anilines is 2. The molecule has 0 radical (unpaired) electrons. The zero-order chi connectivity index (χ0) is 14.5. The van der Waals surface area contributed by atoms with Crippen LogP contribution in [0.5, 0.6) is 0 Å². The second-order valence-electron chi connectivity index (χ2n) is 3.86. The Kier molecular flexibility index (Phi) is 4.70. The van der Waals surface area contributed by atoms with Gasteiger partial charge in [0.05, 0.1) is 10.2 Å². The number of hydrogen-bond acceptors (Lipinski definition) is 3. The molecule has 2 amide bonds. The fourth-order valence-electron chi connectivity index (χ4n) is 1.50. The average molecular weight is 351 g/mol. The van der Waals surface area contributed by atoms with Crippen molar-refractivity contribution in [3.05, 3.63) is 57.7 Å². The van der Waals surface area contributed by atoms with Gasteiger partial charge >= 0.3 is 0 Å². The zero-order valence-corrected chi connectivity index (χ0v) is 12.8. The molecule has 0 saturated carbocycles. The Morgan fingerprint density at radius 1 is 1.25 bits per heavy atom. The van der Waals surface area contributed by atoms with Gasteiger partial charge in [-0.25, -0.2) is 0 Å². The quantitative estimate of drug-likeness (QED) is 0.821. The molecule has 6 heteroatoms. The first-order valence-electron chi connectivity index (χ1n) is 5.66. The van der Waals surface area contributed by atoms with Crippen LogP contribution in [0.3, 0.4) is 0 Å². The van der Waals surface area contributed by atoms with Crippen molar-refractivity contribution in [3.8, 4) is 0 Å². The summed E-state index contributed by atoms with van der Waals surface area (Å²) in [4.78, 5) is 23.3. The van der Waals surface area contributed by atoms with Crippen LogP contribution in [0.1, 0.15) is 10.4 Å². The molecule has 1 aromatic carbocycles. The lowest BCUT2D eigenvalue weighted by Crippen LogP contribution is -2.13. The van der Waals surface area contributed by atoms with E-state index >= 15 is 0 Å². The van der Waals surface area contributed by atoms with E-state index in [0.29, 0.717) is 11.3 Å². The van der Waals surface area contributed by atoms with Gasteiger partial charge in [0.1, 0.15) is 0 Å². The van der Waals surface area contributed by atoms with Gasteiger partial charge in [-0.1, -0.05) is 12.6 Å². The summed E-state index contributed by atoms with van der Waals surface area (Å²) in [5.41, 5.74) is 1.73. The Bertz CT molecular complexity index is 667. The third kappa shape index (κ3) is 3.55. The molecule has 0 aliphatic carbocycles. The largest absolute Gasteiger partial charge is 0.323 e. The molecule has 0 saturated heterocycles. The summed E-state index contributed by atoms with van der Waals surface area (Å²) in [7, 11) is 0. The molecule has 1 heterocycles. The van der Waals surface area contributed by atoms with Crippen LogP contribution in [0.25, 0.3) is 0 Å². The highest BCUT2D eigenvalue weighted by atomic mass is 79.9. The van der Waals surface area contributed by atoms with E-state index in [0.717, 1.165) is 10.2 Å². The van der Waals surface area contributed by atoms with E-state index in [1.165, 1.54) is 17.4 Å². The van der Waals surface area contributed by atoms with Crippen molar-refractivity contribution in [2.45, 2.75) is 0 Å².